The van der Waals surface area contributed by atoms with Crippen LogP contribution in [0.3, 0.4) is 0 Å². The minimum atomic E-state index is -0.503. The normalized spacial score (nSPS) is 10.3. The van der Waals surface area contributed by atoms with Crippen molar-refractivity contribution in [1.82, 2.24) is 5.32 Å². The highest BCUT2D eigenvalue weighted by molar-refractivity contribution is 5.76. The van der Waals surface area contributed by atoms with E-state index in [1.807, 2.05) is 13.8 Å². The number of hydrogen-bond donors (Lipinski definition) is 3. The molecule has 7 heteroatoms. The molecule has 4 N–H and O–H groups in total. The van der Waals surface area contributed by atoms with Crippen LogP contribution in [0, 0.1) is 16.0 Å². The Morgan fingerprint density at radius 2 is 2.10 bits per heavy atom. The Kier molecular flexibility index (Phi) is 5.76. The summed E-state index contributed by atoms with van der Waals surface area (Å²) in [6.07, 6.45) is 0.301. The van der Waals surface area contributed by atoms with Crippen LogP contribution in [0.1, 0.15) is 20.3 Å². The van der Waals surface area contributed by atoms with Crippen molar-refractivity contribution in [3.63, 3.8) is 0 Å². The molecule has 0 radical (unpaired) electrons. The van der Waals surface area contributed by atoms with Crippen LogP contribution in [0.5, 0.6) is 0 Å². The minimum Gasteiger partial charge on any atom is -0.398 e. The number of nitro groups is 1. The Bertz CT molecular complexity index is 489. The van der Waals surface area contributed by atoms with Gasteiger partial charge in [-0.15, -0.1) is 0 Å². The van der Waals surface area contributed by atoms with Gasteiger partial charge in [0.2, 0.25) is 5.91 Å². The van der Waals surface area contributed by atoms with E-state index in [0.717, 1.165) is 0 Å². The van der Waals surface area contributed by atoms with Gasteiger partial charge in [-0.05, 0) is 12.0 Å². The number of rotatable bonds is 7. The predicted molar refractivity (Wildman–Crippen MR) is 78.5 cm³/mol. The zero-order chi connectivity index (χ0) is 15.1. The molecular weight excluding hydrogens is 260 g/mol. The standard InChI is InChI=1S/C13H20N4O3/c1-9(2)8-16-13(18)3-4-15-11-5-10(14)6-12(7-11)17(19)20/h5-7,9,15H,3-4,8,14H2,1-2H3,(H,16,18). The molecule has 1 rings (SSSR count). The Labute approximate surface area is 117 Å². The van der Waals surface area contributed by atoms with Gasteiger partial charge in [0.25, 0.3) is 5.69 Å². The fourth-order valence-electron chi connectivity index (χ4n) is 1.57. The van der Waals surface area contributed by atoms with Gasteiger partial charge in [0.05, 0.1) is 4.92 Å². The SMILES string of the molecule is CC(C)CNC(=O)CCNc1cc(N)cc([N+](=O)[O-])c1. The molecule has 0 saturated heterocycles. The molecule has 0 aliphatic rings. The average Bonchev–Trinajstić information content (AvgIpc) is 2.35. The molecule has 0 fully saturated rings. The average molecular weight is 280 g/mol. The lowest BCUT2D eigenvalue weighted by Crippen LogP contribution is -2.28. The van der Waals surface area contributed by atoms with E-state index in [1.165, 1.54) is 12.1 Å². The lowest BCUT2D eigenvalue weighted by atomic mass is 10.2. The van der Waals surface area contributed by atoms with Crippen LogP contribution in [0.15, 0.2) is 18.2 Å². The second-order valence-corrected chi connectivity index (χ2v) is 4.95. The van der Waals surface area contributed by atoms with E-state index in [0.29, 0.717) is 36.8 Å². The van der Waals surface area contributed by atoms with E-state index in [4.69, 9.17) is 5.73 Å². The van der Waals surface area contributed by atoms with Crippen molar-refractivity contribution in [3.8, 4) is 0 Å². The number of carbonyl (C=O) groups excluding carboxylic acids is 1. The number of nitrogen functional groups attached to an aromatic ring is 1. The second-order valence-electron chi connectivity index (χ2n) is 4.95. The predicted octanol–water partition coefficient (Wildman–Crippen LogP) is 1.75. The van der Waals surface area contributed by atoms with Gasteiger partial charge in [-0.1, -0.05) is 13.8 Å². The van der Waals surface area contributed by atoms with Crippen molar-refractivity contribution in [2.24, 2.45) is 5.92 Å². The summed E-state index contributed by atoms with van der Waals surface area (Å²) in [5.74, 6) is 0.355. The molecule has 1 aromatic rings. The highest BCUT2D eigenvalue weighted by atomic mass is 16.6. The highest BCUT2D eigenvalue weighted by Gasteiger charge is 2.08. The summed E-state index contributed by atoms with van der Waals surface area (Å²) in [6.45, 7) is 5.07. The monoisotopic (exact) mass is 280 g/mol. The molecule has 0 atom stereocenters. The lowest BCUT2D eigenvalue weighted by molar-refractivity contribution is -0.384. The number of anilines is 2. The summed E-state index contributed by atoms with van der Waals surface area (Å²) >= 11 is 0. The van der Waals surface area contributed by atoms with Gasteiger partial charge < -0.3 is 16.4 Å². The largest absolute Gasteiger partial charge is 0.398 e. The topological polar surface area (TPSA) is 110 Å². The van der Waals surface area contributed by atoms with Gasteiger partial charge in [0.15, 0.2) is 0 Å². The van der Waals surface area contributed by atoms with Crippen LogP contribution in [0.2, 0.25) is 0 Å². The van der Waals surface area contributed by atoms with Crippen molar-refractivity contribution in [3.05, 3.63) is 28.3 Å². The smallest absolute Gasteiger partial charge is 0.273 e. The van der Waals surface area contributed by atoms with Crippen molar-refractivity contribution >= 4 is 23.0 Å². The van der Waals surface area contributed by atoms with E-state index < -0.39 is 4.92 Å². The molecule has 0 unspecified atom stereocenters. The lowest BCUT2D eigenvalue weighted by Gasteiger charge is -2.09. The molecule has 0 spiro atoms. The fourth-order valence-corrected chi connectivity index (χ4v) is 1.57. The molecule has 1 aromatic carbocycles. The Morgan fingerprint density at radius 3 is 2.70 bits per heavy atom. The highest BCUT2D eigenvalue weighted by Crippen LogP contribution is 2.22. The maximum Gasteiger partial charge on any atom is 0.273 e. The maximum atomic E-state index is 11.5. The van der Waals surface area contributed by atoms with E-state index >= 15 is 0 Å². The van der Waals surface area contributed by atoms with Gasteiger partial charge >= 0.3 is 0 Å². The first-order valence-electron chi connectivity index (χ1n) is 6.44. The molecular formula is C13H20N4O3. The summed E-state index contributed by atoms with van der Waals surface area (Å²) in [7, 11) is 0. The number of benzene rings is 1. The van der Waals surface area contributed by atoms with Crippen LogP contribution in [-0.4, -0.2) is 23.9 Å². The molecule has 7 nitrogen and oxygen atoms in total. The number of amides is 1. The van der Waals surface area contributed by atoms with Gasteiger partial charge in [-0.3, -0.25) is 14.9 Å². The molecule has 0 heterocycles. The fraction of sp³-hybridized carbons (Fsp3) is 0.462. The Hall–Kier alpha value is -2.31. The first kappa shape index (κ1) is 15.7. The van der Waals surface area contributed by atoms with Crippen LogP contribution >= 0.6 is 0 Å². The Balaban J connectivity index is 2.46. The summed E-state index contributed by atoms with van der Waals surface area (Å²) < 4.78 is 0. The van der Waals surface area contributed by atoms with Gasteiger partial charge in [0.1, 0.15) is 0 Å². The van der Waals surface area contributed by atoms with Crippen molar-refractivity contribution in [2.75, 3.05) is 24.1 Å². The second kappa shape index (κ2) is 7.32. The molecule has 0 bridgehead atoms. The van der Waals surface area contributed by atoms with Gasteiger partial charge in [0, 0.05) is 43.0 Å². The van der Waals surface area contributed by atoms with Crippen molar-refractivity contribution in [1.29, 1.82) is 0 Å². The molecule has 1 amide bonds. The van der Waals surface area contributed by atoms with E-state index in [-0.39, 0.29) is 11.6 Å². The summed E-state index contributed by atoms with van der Waals surface area (Å²) in [4.78, 5) is 21.7. The van der Waals surface area contributed by atoms with Crippen molar-refractivity contribution in [2.45, 2.75) is 20.3 Å². The molecule has 0 aliphatic heterocycles. The third-order valence-corrected chi connectivity index (χ3v) is 2.54. The molecule has 0 aliphatic carbocycles. The minimum absolute atomic E-state index is 0.0513. The van der Waals surface area contributed by atoms with Crippen LogP contribution < -0.4 is 16.4 Å². The van der Waals surface area contributed by atoms with Crippen LogP contribution in [-0.2, 0) is 4.79 Å². The summed E-state index contributed by atoms with van der Waals surface area (Å²) in [5.41, 5.74) is 6.36. The maximum absolute atomic E-state index is 11.5. The first-order valence-corrected chi connectivity index (χ1v) is 6.44. The number of nitro benzene ring substituents is 1. The van der Waals surface area contributed by atoms with E-state index in [2.05, 4.69) is 10.6 Å². The number of nitrogens with two attached hydrogens (primary N) is 1. The third kappa shape index (κ3) is 5.55. The zero-order valence-electron chi connectivity index (χ0n) is 11.7. The number of hydrogen-bond acceptors (Lipinski definition) is 5. The molecule has 0 saturated carbocycles. The number of nitrogens with one attached hydrogen (secondary N) is 2. The molecule has 20 heavy (non-hydrogen) atoms. The number of non-ortho nitro benzene ring substituents is 1. The van der Waals surface area contributed by atoms with Gasteiger partial charge in [-0.2, -0.15) is 0 Å². The quantitative estimate of drug-likeness (QED) is 0.400. The zero-order valence-corrected chi connectivity index (χ0v) is 11.7. The third-order valence-electron chi connectivity index (χ3n) is 2.54. The summed E-state index contributed by atoms with van der Waals surface area (Å²) in [5, 5.41) is 16.4. The Morgan fingerprint density at radius 1 is 1.40 bits per heavy atom. The van der Waals surface area contributed by atoms with Gasteiger partial charge in [-0.25, -0.2) is 0 Å². The van der Waals surface area contributed by atoms with Crippen molar-refractivity contribution < 1.29 is 9.72 Å². The molecule has 0 aromatic heterocycles. The van der Waals surface area contributed by atoms with Crippen LogP contribution in [0.25, 0.3) is 0 Å². The van der Waals surface area contributed by atoms with Crippen LogP contribution in [0.4, 0.5) is 17.1 Å². The first-order chi connectivity index (χ1) is 9.38. The molecule has 110 valence electrons. The van der Waals surface area contributed by atoms with E-state index in [1.54, 1.807) is 6.07 Å². The van der Waals surface area contributed by atoms with E-state index in [9.17, 15) is 14.9 Å². The number of carbonyl (C=O) groups is 1. The summed E-state index contributed by atoms with van der Waals surface area (Å²) in [6, 6.07) is 4.28. The number of nitrogens with zero attached hydrogens (tertiary/aromatic N) is 1.